The summed E-state index contributed by atoms with van der Waals surface area (Å²) in [5.74, 6) is 0.801. The van der Waals surface area contributed by atoms with Gasteiger partial charge in [0.15, 0.2) is 0 Å². The summed E-state index contributed by atoms with van der Waals surface area (Å²) in [5, 5.41) is 3.48. The van der Waals surface area contributed by atoms with Crippen LogP contribution < -0.4 is 5.32 Å². The van der Waals surface area contributed by atoms with Gasteiger partial charge < -0.3 is 4.90 Å². The highest BCUT2D eigenvalue weighted by Gasteiger charge is 2.38. The highest BCUT2D eigenvalue weighted by atomic mass is 16.2. The van der Waals surface area contributed by atoms with Crippen LogP contribution in [0.25, 0.3) is 0 Å². The van der Waals surface area contributed by atoms with E-state index in [-0.39, 0.29) is 12.2 Å². The number of amides is 1. The fourth-order valence-corrected chi connectivity index (χ4v) is 2.86. The van der Waals surface area contributed by atoms with E-state index in [0.29, 0.717) is 11.8 Å². The molecule has 0 radical (unpaired) electrons. The average Bonchev–Trinajstić information content (AvgIpc) is 2.71. The summed E-state index contributed by atoms with van der Waals surface area (Å²) >= 11 is 0. The Kier molecular flexibility index (Phi) is 7.44. The van der Waals surface area contributed by atoms with Crippen LogP contribution in [0.5, 0.6) is 0 Å². The van der Waals surface area contributed by atoms with Crippen molar-refractivity contribution in [2.75, 3.05) is 6.54 Å². The number of carbonyl (C=O) groups excluding carboxylic acids is 1. The molecular formula is C16H32N2O. The molecule has 0 spiro atoms. The van der Waals surface area contributed by atoms with Crippen LogP contribution in [0.3, 0.4) is 0 Å². The molecule has 1 N–H and O–H groups in total. The molecule has 0 saturated carbocycles. The zero-order valence-electron chi connectivity index (χ0n) is 13.2. The third kappa shape index (κ3) is 4.79. The van der Waals surface area contributed by atoms with Crippen LogP contribution in [0, 0.1) is 5.92 Å². The lowest BCUT2D eigenvalue weighted by atomic mass is 10.1. The first-order chi connectivity index (χ1) is 9.11. The average molecular weight is 268 g/mol. The van der Waals surface area contributed by atoms with E-state index in [1.54, 1.807) is 0 Å². The summed E-state index contributed by atoms with van der Waals surface area (Å²) in [6, 6.07) is 0.0486. The smallest absolute Gasteiger partial charge is 0.241 e. The number of unbranched alkanes of at least 4 members (excludes halogenated alkanes) is 5. The Morgan fingerprint density at radius 1 is 1.11 bits per heavy atom. The van der Waals surface area contributed by atoms with Gasteiger partial charge in [-0.25, -0.2) is 0 Å². The number of nitrogens with one attached hydrogen (secondary N) is 1. The molecule has 0 aromatic heterocycles. The number of hydrogen-bond acceptors (Lipinski definition) is 2. The molecule has 2 unspecified atom stereocenters. The molecule has 0 bridgehead atoms. The van der Waals surface area contributed by atoms with E-state index in [0.717, 1.165) is 19.4 Å². The number of hydrogen-bond donors (Lipinski definition) is 1. The van der Waals surface area contributed by atoms with Crippen LogP contribution in [-0.2, 0) is 4.79 Å². The zero-order valence-corrected chi connectivity index (χ0v) is 13.2. The number of rotatable bonds is 9. The molecule has 3 heteroatoms. The van der Waals surface area contributed by atoms with Gasteiger partial charge in [0.25, 0.3) is 0 Å². The predicted octanol–water partition coefficient (Wildman–Crippen LogP) is 3.54. The molecule has 2 atom stereocenters. The van der Waals surface area contributed by atoms with E-state index >= 15 is 0 Å². The van der Waals surface area contributed by atoms with Crippen molar-refractivity contribution < 1.29 is 4.79 Å². The lowest BCUT2D eigenvalue weighted by Crippen LogP contribution is -2.41. The van der Waals surface area contributed by atoms with Crippen molar-refractivity contribution in [3.63, 3.8) is 0 Å². The Bertz CT molecular complexity index is 265. The molecule has 1 heterocycles. The number of carbonyl (C=O) groups is 1. The topological polar surface area (TPSA) is 32.3 Å². The van der Waals surface area contributed by atoms with Gasteiger partial charge in [-0.05, 0) is 18.8 Å². The van der Waals surface area contributed by atoms with Crippen LogP contribution in [0.4, 0.5) is 0 Å². The van der Waals surface area contributed by atoms with Crippen LogP contribution >= 0.6 is 0 Å². The monoisotopic (exact) mass is 268 g/mol. The quantitative estimate of drug-likeness (QED) is 0.649. The maximum Gasteiger partial charge on any atom is 0.241 e. The van der Waals surface area contributed by atoms with Gasteiger partial charge in [0.1, 0.15) is 0 Å². The van der Waals surface area contributed by atoms with Crippen molar-refractivity contribution in [2.24, 2.45) is 5.92 Å². The zero-order chi connectivity index (χ0) is 14.3. The van der Waals surface area contributed by atoms with Crippen LogP contribution in [-0.4, -0.2) is 29.6 Å². The van der Waals surface area contributed by atoms with Gasteiger partial charge in [0.05, 0.1) is 12.2 Å². The van der Waals surface area contributed by atoms with E-state index in [2.05, 4.69) is 37.9 Å². The standard InChI is InChI=1S/C16H32N2O/c1-5-7-8-9-10-11-12-18-15(13(3)4)17-14(6-2)16(18)19/h13-15,17H,5-12H2,1-4H3. The molecule has 1 aliphatic heterocycles. The molecule has 0 aromatic rings. The molecule has 0 aliphatic carbocycles. The molecule has 1 fully saturated rings. The van der Waals surface area contributed by atoms with Gasteiger partial charge in [-0.15, -0.1) is 0 Å². The number of nitrogens with zero attached hydrogens (tertiary/aromatic N) is 1. The van der Waals surface area contributed by atoms with Crippen molar-refractivity contribution in [3.8, 4) is 0 Å². The first-order valence-corrected chi connectivity index (χ1v) is 8.18. The maximum atomic E-state index is 12.3. The van der Waals surface area contributed by atoms with Gasteiger partial charge in [-0.3, -0.25) is 10.1 Å². The van der Waals surface area contributed by atoms with E-state index < -0.39 is 0 Å². The van der Waals surface area contributed by atoms with Crippen LogP contribution in [0.2, 0.25) is 0 Å². The van der Waals surface area contributed by atoms with E-state index in [4.69, 9.17) is 0 Å². The third-order valence-electron chi connectivity index (χ3n) is 4.08. The minimum Gasteiger partial charge on any atom is -0.326 e. The fourth-order valence-electron chi connectivity index (χ4n) is 2.86. The Hall–Kier alpha value is -0.570. The summed E-state index contributed by atoms with van der Waals surface area (Å²) in [6.45, 7) is 9.64. The van der Waals surface area contributed by atoms with Gasteiger partial charge >= 0.3 is 0 Å². The predicted molar refractivity (Wildman–Crippen MR) is 80.9 cm³/mol. The summed E-state index contributed by atoms with van der Waals surface area (Å²) in [5.41, 5.74) is 0. The first kappa shape index (κ1) is 16.5. The Labute approximate surface area is 119 Å². The van der Waals surface area contributed by atoms with Crippen molar-refractivity contribution in [2.45, 2.75) is 84.8 Å². The maximum absolute atomic E-state index is 12.3. The minimum atomic E-state index is 0.0486. The summed E-state index contributed by atoms with van der Waals surface area (Å²) in [7, 11) is 0. The largest absolute Gasteiger partial charge is 0.326 e. The molecule has 112 valence electrons. The van der Waals surface area contributed by atoms with Gasteiger partial charge in [0, 0.05) is 6.54 Å². The molecule has 3 nitrogen and oxygen atoms in total. The molecular weight excluding hydrogens is 236 g/mol. The van der Waals surface area contributed by atoms with E-state index in [9.17, 15) is 4.79 Å². The Morgan fingerprint density at radius 3 is 2.32 bits per heavy atom. The second kappa shape index (κ2) is 8.57. The molecule has 1 rings (SSSR count). The second-order valence-electron chi connectivity index (χ2n) is 6.12. The fraction of sp³-hybridized carbons (Fsp3) is 0.938. The van der Waals surface area contributed by atoms with Gasteiger partial charge in [-0.2, -0.15) is 0 Å². The Balaban J connectivity index is 2.34. The van der Waals surface area contributed by atoms with Crippen molar-refractivity contribution in [1.29, 1.82) is 0 Å². The molecule has 0 aromatic carbocycles. The Morgan fingerprint density at radius 2 is 1.74 bits per heavy atom. The summed E-state index contributed by atoms with van der Waals surface area (Å²) < 4.78 is 0. The van der Waals surface area contributed by atoms with Crippen molar-refractivity contribution in [3.05, 3.63) is 0 Å². The van der Waals surface area contributed by atoms with Gasteiger partial charge in [0.2, 0.25) is 5.91 Å². The SMILES string of the molecule is CCCCCCCCN1C(=O)C(CC)NC1C(C)C. The molecule has 19 heavy (non-hydrogen) atoms. The third-order valence-corrected chi connectivity index (χ3v) is 4.08. The van der Waals surface area contributed by atoms with Gasteiger partial charge in [-0.1, -0.05) is 59.8 Å². The highest BCUT2D eigenvalue weighted by molar-refractivity contribution is 5.84. The molecule has 1 aliphatic rings. The van der Waals surface area contributed by atoms with E-state index in [1.807, 2.05) is 0 Å². The summed E-state index contributed by atoms with van der Waals surface area (Å²) in [6.07, 6.45) is 8.84. The van der Waals surface area contributed by atoms with Crippen LogP contribution in [0.15, 0.2) is 0 Å². The molecule has 1 amide bonds. The van der Waals surface area contributed by atoms with Crippen molar-refractivity contribution in [1.82, 2.24) is 10.2 Å². The highest BCUT2D eigenvalue weighted by Crippen LogP contribution is 2.20. The normalized spacial score (nSPS) is 23.6. The second-order valence-corrected chi connectivity index (χ2v) is 6.12. The van der Waals surface area contributed by atoms with E-state index in [1.165, 1.54) is 32.1 Å². The molecule has 1 saturated heterocycles. The summed E-state index contributed by atoms with van der Waals surface area (Å²) in [4.78, 5) is 14.4. The van der Waals surface area contributed by atoms with Crippen LogP contribution in [0.1, 0.15) is 72.6 Å². The minimum absolute atomic E-state index is 0.0486. The first-order valence-electron chi connectivity index (χ1n) is 8.18. The lowest BCUT2D eigenvalue weighted by Gasteiger charge is -2.27. The lowest BCUT2D eigenvalue weighted by molar-refractivity contribution is -0.130. The van der Waals surface area contributed by atoms with Crippen molar-refractivity contribution >= 4 is 5.91 Å².